The molecular formula is C14H14FNO2S. The van der Waals surface area contributed by atoms with Crippen molar-refractivity contribution in [2.75, 3.05) is 5.73 Å². The lowest BCUT2D eigenvalue weighted by Crippen LogP contribution is -1.99. The summed E-state index contributed by atoms with van der Waals surface area (Å²) in [6.07, 6.45) is 0.640. The molecule has 3 N–H and O–H groups in total. The number of thiophene rings is 1. The number of halogens is 1. The Morgan fingerprint density at radius 3 is 2.68 bits per heavy atom. The second-order valence-electron chi connectivity index (χ2n) is 4.28. The first-order valence-corrected chi connectivity index (χ1v) is 6.68. The summed E-state index contributed by atoms with van der Waals surface area (Å²) in [7, 11) is 0. The molecule has 0 unspecified atom stereocenters. The van der Waals surface area contributed by atoms with E-state index in [2.05, 4.69) is 0 Å². The predicted octanol–water partition coefficient (Wildman–Crippen LogP) is 3.71. The summed E-state index contributed by atoms with van der Waals surface area (Å²) in [5.74, 6) is -1.30. The molecule has 0 saturated heterocycles. The van der Waals surface area contributed by atoms with Crippen molar-refractivity contribution in [3.05, 3.63) is 40.0 Å². The highest BCUT2D eigenvalue weighted by Crippen LogP contribution is 2.39. The first kappa shape index (κ1) is 13.5. The van der Waals surface area contributed by atoms with E-state index in [0.29, 0.717) is 17.7 Å². The standard InChI is InChI=1S/C14H14FNO2S/c1-3-9-11(16)13(14(17)18)19-12(9)8-4-5-10(15)7(2)6-8/h4-6H,3,16H2,1-2H3,(H,17,18). The number of aromatic carboxylic acids is 1. The Hall–Kier alpha value is -1.88. The highest BCUT2D eigenvalue weighted by Gasteiger charge is 2.20. The summed E-state index contributed by atoms with van der Waals surface area (Å²) in [5, 5.41) is 9.11. The molecule has 0 radical (unpaired) electrons. The average Bonchev–Trinajstić information content (AvgIpc) is 2.70. The summed E-state index contributed by atoms with van der Waals surface area (Å²) < 4.78 is 13.3. The van der Waals surface area contributed by atoms with Crippen LogP contribution in [0.2, 0.25) is 0 Å². The van der Waals surface area contributed by atoms with Crippen molar-refractivity contribution in [1.29, 1.82) is 0 Å². The number of anilines is 1. The second kappa shape index (κ2) is 5.01. The Morgan fingerprint density at radius 2 is 2.16 bits per heavy atom. The van der Waals surface area contributed by atoms with E-state index in [0.717, 1.165) is 27.3 Å². The van der Waals surface area contributed by atoms with Gasteiger partial charge in [-0.15, -0.1) is 11.3 Å². The third kappa shape index (κ3) is 2.33. The van der Waals surface area contributed by atoms with Gasteiger partial charge in [-0.3, -0.25) is 0 Å². The van der Waals surface area contributed by atoms with Crippen molar-refractivity contribution in [2.45, 2.75) is 20.3 Å². The number of nitrogen functional groups attached to an aromatic ring is 1. The van der Waals surface area contributed by atoms with E-state index in [9.17, 15) is 9.18 Å². The molecule has 0 amide bonds. The SMILES string of the molecule is CCc1c(-c2ccc(F)c(C)c2)sc(C(=O)O)c1N. The van der Waals surface area contributed by atoms with Crippen LogP contribution in [-0.2, 0) is 6.42 Å². The lowest BCUT2D eigenvalue weighted by atomic mass is 10.0. The largest absolute Gasteiger partial charge is 0.477 e. The van der Waals surface area contributed by atoms with Crippen molar-refractivity contribution in [1.82, 2.24) is 0 Å². The first-order valence-electron chi connectivity index (χ1n) is 5.86. The fourth-order valence-electron chi connectivity index (χ4n) is 2.01. The van der Waals surface area contributed by atoms with E-state index in [1.807, 2.05) is 6.92 Å². The lowest BCUT2D eigenvalue weighted by Gasteiger charge is -2.04. The summed E-state index contributed by atoms with van der Waals surface area (Å²) in [4.78, 5) is 12.1. The molecule has 0 aliphatic carbocycles. The maximum atomic E-state index is 13.3. The van der Waals surface area contributed by atoms with Crippen molar-refractivity contribution >= 4 is 23.0 Å². The Bertz CT molecular complexity index is 649. The van der Waals surface area contributed by atoms with Crippen LogP contribution in [0.4, 0.5) is 10.1 Å². The van der Waals surface area contributed by atoms with Crippen LogP contribution < -0.4 is 5.73 Å². The van der Waals surface area contributed by atoms with Gasteiger partial charge in [0, 0.05) is 4.88 Å². The Labute approximate surface area is 114 Å². The number of carboxylic acid groups (broad SMARTS) is 1. The van der Waals surface area contributed by atoms with Crippen LogP contribution in [0.15, 0.2) is 18.2 Å². The fraction of sp³-hybridized carbons (Fsp3) is 0.214. The van der Waals surface area contributed by atoms with E-state index in [4.69, 9.17) is 10.8 Å². The van der Waals surface area contributed by atoms with E-state index in [1.165, 1.54) is 6.07 Å². The van der Waals surface area contributed by atoms with E-state index < -0.39 is 5.97 Å². The van der Waals surface area contributed by atoms with Gasteiger partial charge < -0.3 is 10.8 Å². The van der Waals surface area contributed by atoms with Crippen LogP contribution in [0.25, 0.3) is 10.4 Å². The third-order valence-corrected chi connectivity index (χ3v) is 4.30. The second-order valence-corrected chi connectivity index (χ2v) is 5.30. The number of rotatable bonds is 3. The molecule has 2 aromatic rings. The molecule has 0 atom stereocenters. The highest BCUT2D eigenvalue weighted by molar-refractivity contribution is 7.18. The van der Waals surface area contributed by atoms with Gasteiger partial charge in [0.15, 0.2) is 0 Å². The molecule has 1 aromatic heterocycles. The molecular weight excluding hydrogens is 265 g/mol. The molecule has 100 valence electrons. The number of carboxylic acids is 1. The number of aryl methyl sites for hydroxylation is 1. The Kier molecular flexibility index (Phi) is 3.57. The normalized spacial score (nSPS) is 10.7. The van der Waals surface area contributed by atoms with Gasteiger partial charge in [-0.05, 0) is 42.2 Å². The average molecular weight is 279 g/mol. The minimum atomic E-state index is -1.03. The zero-order valence-electron chi connectivity index (χ0n) is 10.7. The van der Waals surface area contributed by atoms with E-state index >= 15 is 0 Å². The molecule has 2 rings (SSSR count). The Morgan fingerprint density at radius 1 is 1.47 bits per heavy atom. The smallest absolute Gasteiger partial charge is 0.348 e. The van der Waals surface area contributed by atoms with Crippen molar-refractivity contribution in [3.8, 4) is 10.4 Å². The molecule has 19 heavy (non-hydrogen) atoms. The molecule has 0 bridgehead atoms. The molecule has 1 heterocycles. The monoisotopic (exact) mass is 279 g/mol. The van der Waals surface area contributed by atoms with Gasteiger partial charge in [-0.1, -0.05) is 13.0 Å². The van der Waals surface area contributed by atoms with Gasteiger partial charge in [0.05, 0.1) is 5.69 Å². The molecule has 0 spiro atoms. The van der Waals surface area contributed by atoms with Crippen molar-refractivity contribution < 1.29 is 14.3 Å². The van der Waals surface area contributed by atoms with Crippen molar-refractivity contribution in [2.24, 2.45) is 0 Å². The molecule has 3 nitrogen and oxygen atoms in total. The molecule has 0 fully saturated rings. The Balaban J connectivity index is 2.64. The summed E-state index contributed by atoms with van der Waals surface area (Å²) in [6.45, 7) is 3.60. The number of benzene rings is 1. The third-order valence-electron chi connectivity index (χ3n) is 3.02. The number of carbonyl (C=O) groups is 1. The minimum absolute atomic E-state index is 0.147. The van der Waals surface area contributed by atoms with Crippen LogP contribution in [-0.4, -0.2) is 11.1 Å². The van der Waals surface area contributed by atoms with Gasteiger partial charge in [0.2, 0.25) is 0 Å². The van der Waals surface area contributed by atoms with E-state index in [1.54, 1.807) is 19.1 Å². The zero-order valence-corrected chi connectivity index (χ0v) is 11.5. The summed E-state index contributed by atoms with van der Waals surface area (Å²) in [6, 6.07) is 4.75. The summed E-state index contributed by atoms with van der Waals surface area (Å²) >= 11 is 1.14. The zero-order chi connectivity index (χ0) is 14.2. The molecule has 0 saturated carbocycles. The number of hydrogen-bond donors (Lipinski definition) is 2. The lowest BCUT2D eigenvalue weighted by molar-refractivity contribution is 0.0703. The van der Waals surface area contributed by atoms with Crippen LogP contribution in [0, 0.1) is 12.7 Å². The first-order chi connectivity index (χ1) is 8.95. The van der Waals surface area contributed by atoms with Gasteiger partial charge in [0.25, 0.3) is 0 Å². The van der Waals surface area contributed by atoms with Gasteiger partial charge in [0.1, 0.15) is 10.7 Å². The topological polar surface area (TPSA) is 63.3 Å². The predicted molar refractivity (Wildman–Crippen MR) is 75.2 cm³/mol. The van der Waals surface area contributed by atoms with Crippen LogP contribution >= 0.6 is 11.3 Å². The van der Waals surface area contributed by atoms with Crippen molar-refractivity contribution in [3.63, 3.8) is 0 Å². The maximum absolute atomic E-state index is 13.3. The number of hydrogen-bond acceptors (Lipinski definition) is 3. The fourth-order valence-corrected chi connectivity index (χ4v) is 3.15. The maximum Gasteiger partial charge on any atom is 0.348 e. The van der Waals surface area contributed by atoms with Gasteiger partial charge in [-0.2, -0.15) is 0 Å². The number of nitrogens with two attached hydrogens (primary N) is 1. The van der Waals surface area contributed by atoms with E-state index in [-0.39, 0.29) is 10.7 Å². The minimum Gasteiger partial charge on any atom is -0.477 e. The molecule has 1 aromatic carbocycles. The molecule has 0 aliphatic heterocycles. The van der Waals surface area contributed by atoms with Gasteiger partial charge in [-0.25, -0.2) is 9.18 Å². The van der Waals surface area contributed by atoms with Crippen LogP contribution in [0.5, 0.6) is 0 Å². The van der Waals surface area contributed by atoms with Crippen LogP contribution in [0.1, 0.15) is 27.7 Å². The molecule has 0 aliphatic rings. The quantitative estimate of drug-likeness (QED) is 0.900. The highest BCUT2D eigenvalue weighted by atomic mass is 32.1. The van der Waals surface area contributed by atoms with Crippen LogP contribution in [0.3, 0.4) is 0 Å². The van der Waals surface area contributed by atoms with Gasteiger partial charge >= 0.3 is 5.97 Å². The molecule has 5 heteroatoms. The summed E-state index contributed by atoms with van der Waals surface area (Å²) in [5.41, 5.74) is 8.34.